The summed E-state index contributed by atoms with van der Waals surface area (Å²) in [6.45, 7) is 2.30. The molecule has 1 saturated carbocycles. The van der Waals surface area contributed by atoms with E-state index in [1.807, 2.05) is 12.1 Å². The summed E-state index contributed by atoms with van der Waals surface area (Å²) in [5.41, 5.74) is 2.28. The van der Waals surface area contributed by atoms with E-state index in [2.05, 4.69) is 22.5 Å². The smallest absolute Gasteiger partial charge is 0.178 e. The Bertz CT molecular complexity index is 650. The van der Waals surface area contributed by atoms with Gasteiger partial charge >= 0.3 is 0 Å². The predicted octanol–water partition coefficient (Wildman–Crippen LogP) is 4.85. The predicted molar refractivity (Wildman–Crippen MR) is 85.0 cm³/mol. The van der Waals surface area contributed by atoms with Crippen LogP contribution in [0.5, 0.6) is 5.75 Å². The van der Waals surface area contributed by atoms with E-state index in [1.54, 1.807) is 7.11 Å². The van der Waals surface area contributed by atoms with Crippen molar-refractivity contribution in [3.05, 3.63) is 23.0 Å². The number of rotatable bonds is 3. The van der Waals surface area contributed by atoms with Crippen LogP contribution in [0.4, 0.5) is 0 Å². The normalized spacial score (nSPS) is 23.1. The van der Waals surface area contributed by atoms with E-state index in [1.165, 1.54) is 37.6 Å². The molecule has 0 unspecified atom stereocenters. The molecule has 1 aliphatic rings. The molecule has 1 N–H and O–H groups in total. The summed E-state index contributed by atoms with van der Waals surface area (Å²) in [5, 5.41) is 0. The number of imidazole rings is 1. The minimum absolute atomic E-state index is 0.549. The highest BCUT2D eigenvalue weighted by atomic mass is 32.1. The van der Waals surface area contributed by atoms with Crippen LogP contribution in [0.1, 0.15) is 45.1 Å². The van der Waals surface area contributed by atoms with Crippen molar-refractivity contribution in [2.45, 2.75) is 45.1 Å². The van der Waals surface area contributed by atoms with Crippen LogP contribution in [0.25, 0.3) is 11.0 Å². The molecule has 108 valence electrons. The third-order valence-electron chi connectivity index (χ3n) is 4.68. The van der Waals surface area contributed by atoms with Gasteiger partial charge in [-0.2, -0.15) is 0 Å². The van der Waals surface area contributed by atoms with Gasteiger partial charge in [0, 0.05) is 12.1 Å². The fourth-order valence-electron chi connectivity index (χ4n) is 3.41. The monoisotopic (exact) mass is 290 g/mol. The van der Waals surface area contributed by atoms with Crippen LogP contribution in [0.15, 0.2) is 18.2 Å². The van der Waals surface area contributed by atoms with Crippen LogP contribution in [-0.4, -0.2) is 16.7 Å². The molecule has 0 spiro atoms. The van der Waals surface area contributed by atoms with Gasteiger partial charge in [0.15, 0.2) is 4.77 Å². The molecule has 4 heteroatoms. The number of nitrogens with zero attached hydrogens (tertiary/aromatic N) is 1. The average molecular weight is 290 g/mol. The maximum Gasteiger partial charge on any atom is 0.178 e. The summed E-state index contributed by atoms with van der Waals surface area (Å²) < 4.78 is 8.44. The van der Waals surface area contributed by atoms with Gasteiger partial charge in [-0.15, -0.1) is 0 Å². The van der Waals surface area contributed by atoms with Gasteiger partial charge in [0.05, 0.1) is 18.1 Å². The number of ether oxygens (including phenoxy) is 1. The van der Waals surface area contributed by atoms with Crippen molar-refractivity contribution in [2.75, 3.05) is 7.11 Å². The molecular formula is C16H22N2OS. The number of hydrogen-bond acceptors (Lipinski definition) is 2. The lowest BCUT2D eigenvalue weighted by Crippen LogP contribution is -2.17. The standard InChI is InChI=1S/C16H22N2OS/c1-3-11-4-6-12(7-5-11)18-15-9-8-13(19-2)10-14(15)17-16(18)20/h8-12H,3-7H2,1-2H3,(H,17,20). The number of methoxy groups -OCH3 is 1. The van der Waals surface area contributed by atoms with Crippen LogP contribution in [-0.2, 0) is 0 Å². The number of hydrogen-bond donors (Lipinski definition) is 1. The SMILES string of the molecule is CCC1CCC(n2c(=S)[nH]c3cc(OC)ccc32)CC1. The van der Waals surface area contributed by atoms with E-state index in [0.717, 1.165) is 22.0 Å². The van der Waals surface area contributed by atoms with Crippen molar-refractivity contribution >= 4 is 23.3 Å². The lowest BCUT2D eigenvalue weighted by Gasteiger charge is -2.29. The fourth-order valence-corrected chi connectivity index (χ4v) is 3.77. The lowest BCUT2D eigenvalue weighted by atomic mass is 9.84. The molecule has 2 aromatic rings. The maximum atomic E-state index is 5.54. The Morgan fingerprint density at radius 2 is 2.05 bits per heavy atom. The van der Waals surface area contributed by atoms with Crippen molar-refractivity contribution in [3.8, 4) is 5.75 Å². The minimum Gasteiger partial charge on any atom is -0.497 e. The Balaban J connectivity index is 1.95. The molecule has 0 saturated heterocycles. The van der Waals surface area contributed by atoms with Crippen molar-refractivity contribution in [2.24, 2.45) is 5.92 Å². The highest BCUT2D eigenvalue weighted by Gasteiger charge is 2.23. The van der Waals surface area contributed by atoms with Crippen LogP contribution < -0.4 is 4.74 Å². The van der Waals surface area contributed by atoms with Crippen LogP contribution >= 0.6 is 12.2 Å². The number of aromatic nitrogens is 2. The summed E-state index contributed by atoms with van der Waals surface area (Å²) >= 11 is 5.54. The van der Waals surface area contributed by atoms with Gasteiger partial charge in [-0.25, -0.2) is 0 Å². The molecule has 1 aromatic heterocycles. The molecule has 1 heterocycles. The van der Waals surface area contributed by atoms with E-state index in [-0.39, 0.29) is 0 Å². The van der Waals surface area contributed by atoms with Gasteiger partial charge in [0.25, 0.3) is 0 Å². The lowest BCUT2D eigenvalue weighted by molar-refractivity contribution is 0.272. The Morgan fingerprint density at radius 1 is 1.30 bits per heavy atom. The number of benzene rings is 1. The molecular weight excluding hydrogens is 268 g/mol. The molecule has 0 aliphatic heterocycles. The van der Waals surface area contributed by atoms with Crippen LogP contribution in [0, 0.1) is 10.7 Å². The Labute approximate surface area is 125 Å². The van der Waals surface area contributed by atoms with E-state index in [9.17, 15) is 0 Å². The topological polar surface area (TPSA) is 29.9 Å². The highest BCUT2D eigenvalue weighted by Crippen LogP contribution is 2.36. The van der Waals surface area contributed by atoms with Crippen molar-refractivity contribution in [1.29, 1.82) is 0 Å². The zero-order chi connectivity index (χ0) is 14.1. The number of nitrogens with one attached hydrogen (secondary N) is 1. The maximum absolute atomic E-state index is 5.54. The minimum atomic E-state index is 0.549. The van der Waals surface area contributed by atoms with E-state index in [0.29, 0.717) is 6.04 Å². The van der Waals surface area contributed by atoms with Gasteiger partial charge in [-0.3, -0.25) is 0 Å². The summed E-state index contributed by atoms with van der Waals surface area (Å²) in [6.07, 6.45) is 6.44. The first-order valence-electron chi connectivity index (χ1n) is 7.51. The van der Waals surface area contributed by atoms with Crippen LogP contribution in [0.3, 0.4) is 0 Å². The zero-order valence-corrected chi connectivity index (χ0v) is 13.0. The van der Waals surface area contributed by atoms with Gasteiger partial charge in [-0.1, -0.05) is 13.3 Å². The highest BCUT2D eigenvalue weighted by molar-refractivity contribution is 7.71. The molecule has 3 rings (SSSR count). The van der Waals surface area contributed by atoms with E-state index < -0.39 is 0 Å². The molecule has 1 aromatic carbocycles. The first kappa shape index (κ1) is 13.7. The number of aromatic amines is 1. The molecule has 0 atom stereocenters. The van der Waals surface area contributed by atoms with E-state index in [4.69, 9.17) is 17.0 Å². The second-order valence-corrected chi connectivity index (χ2v) is 6.15. The third-order valence-corrected chi connectivity index (χ3v) is 4.98. The molecule has 20 heavy (non-hydrogen) atoms. The molecule has 0 bridgehead atoms. The second kappa shape index (κ2) is 5.60. The van der Waals surface area contributed by atoms with Crippen molar-refractivity contribution in [3.63, 3.8) is 0 Å². The average Bonchev–Trinajstić information content (AvgIpc) is 2.82. The first-order chi connectivity index (χ1) is 9.72. The van der Waals surface area contributed by atoms with E-state index >= 15 is 0 Å². The molecule has 3 nitrogen and oxygen atoms in total. The van der Waals surface area contributed by atoms with Crippen molar-refractivity contribution < 1.29 is 4.74 Å². The molecule has 1 aliphatic carbocycles. The fraction of sp³-hybridized carbons (Fsp3) is 0.562. The largest absolute Gasteiger partial charge is 0.497 e. The molecule has 0 radical (unpaired) electrons. The second-order valence-electron chi connectivity index (χ2n) is 5.77. The molecule has 1 fully saturated rings. The summed E-state index contributed by atoms with van der Waals surface area (Å²) in [7, 11) is 1.69. The van der Waals surface area contributed by atoms with Gasteiger partial charge < -0.3 is 14.3 Å². The van der Waals surface area contributed by atoms with Gasteiger partial charge in [-0.05, 0) is 56.0 Å². The quantitative estimate of drug-likeness (QED) is 0.819. The third kappa shape index (κ3) is 2.37. The first-order valence-corrected chi connectivity index (χ1v) is 7.92. The number of fused-ring (bicyclic) bond motifs is 1. The molecule has 0 amide bonds. The number of H-pyrrole nitrogens is 1. The summed E-state index contributed by atoms with van der Waals surface area (Å²) in [6, 6.07) is 6.71. The summed E-state index contributed by atoms with van der Waals surface area (Å²) in [5.74, 6) is 1.78. The Hall–Kier alpha value is -1.29. The van der Waals surface area contributed by atoms with Crippen molar-refractivity contribution in [1.82, 2.24) is 9.55 Å². The Kier molecular flexibility index (Phi) is 3.83. The summed E-state index contributed by atoms with van der Waals surface area (Å²) in [4.78, 5) is 3.32. The Morgan fingerprint density at radius 3 is 2.70 bits per heavy atom. The zero-order valence-electron chi connectivity index (χ0n) is 12.2. The van der Waals surface area contributed by atoms with Gasteiger partial charge in [0.1, 0.15) is 5.75 Å². The van der Waals surface area contributed by atoms with Gasteiger partial charge in [0.2, 0.25) is 0 Å². The van der Waals surface area contributed by atoms with Crippen LogP contribution in [0.2, 0.25) is 0 Å².